The summed E-state index contributed by atoms with van der Waals surface area (Å²) in [4.78, 5) is 13.3. The van der Waals surface area contributed by atoms with E-state index in [1.807, 2.05) is 32.0 Å². The second-order valence-electron chi connectivity index (χ2n) is 7.28. The van der Waals surface area contributed by atoms with Gasteiger partial charge in [-0.3, -0.25) is 9.10 Å². The van der Waals surface area contributed by atoms with Gasteiger partial charge in [-0.2, -0.15) is 0 Å². The highest BCUT2D eigenvalue weighted by atomic mass is 35.5. The highest BCUT2D eigenvalue weighted by molar-refractivity contribution is 7.92. The number of carbonyl (C=O) groups is 1. The van der Waals surface area contributed by atoms with Gasteiger partial charge in [0.05, 0.1) is 30.1 Å². The second-order valence-corrected chi connectivity index (χ2v) is 9.98. The molecule has 0 spiro atoms. The molecule has 2 rings (SSSR count). The molecule has 0 bridgehead atoms. The third kappa shape index (κ3) is 6.05. The molecule has 0 fully saturated rings. The van der Waals surface area contributed by atoms with Crippen molar-refractivity contribution in [1.29, 1.82) is 0 Å². The van der Waals surface area contributed by atoms with Crippen molar-refractivity contribution < 1.29 is 17.9 Å². The van der Waals surface area contributed by atoms with Gasteiger partial charge in [0, 0.05) is 5.02 Å². The number of hydrogen-bond acceptors (Lipinski definition) is 4. The van der Waals surface area contributed by atoms with Crippen LogP contribution in [0.15, 0.2) is 36.4 Å². The van der Waals surface area contributed by atoms with Crippen molar-refractivity contribution in [3.63, 3.8) is 0 Å². The molecule has 2 aromatic carbocycles. The number of benzene rings is 2. The minimum atomic E-state index is -3.82. The van der Waals surface area contributed by atoms with Gasteiger partial charge in [-0.15, -0.1) is 0 Å². The molecule has 0 aliphatic rings. The Labute approximate surface area is 194 Å². The van der Waals surface area contributed by atoms with E-state index >= 15 is 0 Å². The van der Waals surface area contributed by atoms with Crippen LogP contribution in [0, 0.1) is 6.92 Å². The molecule has 0 radical (unpaired) electrons. The van der Waals surface area contributed by atoms with Crippen LogP contribution < -0.4 is 14.4 Å². The molecular weight excluding hydrogens is 459 g/mol. The summed E-state index contributed by atoms with van der Waals surface area (Å²) in [6, 6.07) is 8.95. The number of nitrogens with zero attached hydrogens (tertiary/aromatic N) is 1. The molecule has 0 aliphatic heterocycles. The molecular formula is C22H28Cl2N2O4S. The first-order chi connectivity index (χ1) is 14.5. The van der Waals surface area contributed by atoms with E-state index in [9.17, 15) is 13.2 Å². The molecule has 0 saturated heterocycles. The molecule has 2 aromatic rings. The average Bonchev–Trinajstić information content (AvgIpc) is 2.71. The highest BCUT2D eigenvalue weighted by Crippen LogP contribution is 2.33. The van der Waals surface area contributed by atoms with Gasteiger partial charge in [-0.25, -0.2) is 8.42 Å². The smallest absolute Gasteiger partial charge is 0.244 e. The molecule has 6 nitrogen and oxygen atoms in total. The lowest BCUT2D eigenvalue weighted by atomic mass is 10.0. The molecule has 0 aromatic heterocycles. The van der Waals surface area contributed by atoms with Crippen molar-refractivity contribution >= 4 is 44.8 Å². The lowest BCUT2D eigenvalue weighted by Gasteiger charge is -2.32. The monoisotopic (exact) mass is 486 g/mol. The van der Waals surface area contributed by atoms with Crippen LogP contribution in [0.5, 0.6) is 5.75 Å². The topological polar surface area (TPSA) is 75.7 Å². The third-order valence-corrected chi connectivity index (χ3v) is 6.74. The number of aryl methyl sites for hydroxylation is 1. The van der Waals surface area contributed by atoms with Crippen molar-refractivity contribution in [2.24, 2.45) is 0 Å². The Morgan fingerprint density at radius 2 is 1.81 bits per heavy atom. The van der Waals surface area contributed by atoms with Crippen molar-refractivity contribution in [2.75, 3.05) is 17.7 Å². The van der Waals surface area contributed by atoms with Crippen LogP contribution in [0.1, 0.15) is 43.9 Å². The number of methoxy groups -OCH3 is 1. The van der Waals surface area contributed by atoms with E-state index < -0.39 is 22.0 Å². The molecule has 9 heteroatoms. The van der Waals surface area contributed by atoms with Crippen molar-refractivity contribution in [2.45, 2.75) is 45.7 Å². The Kier molecular flexibility index (Phi) is 8.63. The number of amides is 1. The number of sulfonamides is 1. The number of carbonyl (C=O) groups excluding carboxylic acids is 1. The Morgan fingerprint density at radius 1 is 1.13 bits per heavy atom. The zero-order chi connectivity index (χ0) is 23.3. The summed E-state index contributed by atoms with van der Waals surface area (Å²) < 4.78 is 31.7. The first-order valence-electron chi connectivity index (χ1n) is 9.92. The maximum Gasteiger partial charge on any atom is 0.244 e. The Bertz CT molecular complexity index is 1040. The standard InChI is InChI=1S/C22H28Cl2N2O4S/c1-6-18(15-8-11-21(30-4)14(3)12-15)25-22(27)19(7-2)26(31(5,28)29)20-13-16(23)9-10-17(20)24/h8-13,18-19H,6-7H2,1-5H3,(H,25,27)/t18-,19-/m1/s1. The van der Waals surface area contributed by atoms with E-state index in [0.29, 0.717) is 11.4 Å². The van der Waals surface area contributed by atoms with Gasteiger partial charge in [0.1, 0.15) is 11.8 Å². The molecule has 0 aliphatic carbocycles. The molecule has 2 atom stereocenters. The van der Waals surface area contributed by atoms with Gasteiger partial charge in [0.15, 0.2) is 0 Å². The summed E-state index contributed by atoms with van der Waals surface area (Å²) >= 11 is 12.3. The first kappa shape index (κ1) is 25.3. The molecule has 0 saturated carbocycles. The van der Waals surface area contributed by atoms with E-state index in [1.54, 1.807) is 20.1 Å². The van der Waals surface area contributed by atoms with Crippen LogP contribution >= 0.6 is 23.2 Å². The fraction of sp³-hybridized carbons (Fsp3) is 0.409. The molecule has 0 heterocycles. The number of anilines is 1. The minimum Gasteiger partial charge on any atom is -0.496 e. The number of nitrogens with one attached hydrogen (secondary N) is 1. The summed E-state index contributed by atoms with van der Waals surface area (Å²) in [7, 11) is -2.22. The first-order valence-corrected chi connectivity index (χ1v) is 12.5. The van der Waals surface area contributed by atoms with Crippen LogP contribution in [0.4, 0.5) is 5.69 Å². The van der Waals surface area contributed by atoms with Crippen LogP contribution in [-0.4, -0.2) is 33.7 Å². The van der Waals surface area contributed by atoms with Crippen LogP contribution in [0.25, 0.3) is 0 Å². The quantitative estimate of drug-likeness (QED) is 0.533. The predicted octanol–water partition coefficient (Wildman–Crippen LogP) is 5.12. The van der Waals surface area contributed by atoms with Gasteiger partial charge in [-0.05, 0) is 55.2 Å². The summed E-state index contributed by atoms with van der Waals surface area (Å²) in [5.41, 5.74) is 2.03. The van der Waals surface area contributed by atoms with Gasteiger partial charge >= 0.3 is 0 Å². The SMILES string of the molecule is CC[C@H](C(=O)N[C@H](CC)c1ccc(OC)c(C)c1)N(c1cc(Cl)ccc1Cl)S(C)(=O)=O. The normalized spacial score (nSPS) is 13.4. The lowest BCUT2D eigenvalue weighted by Crippen LogP contribution is -2.50. The molecule has 1 amide bonds. The Hall–Kier alpha value is -1.96. The second kappa shape index (κ2) is 10.6. The van der Waals surface area contributed by atoms with Crippen molar-refractivity contribution in [3.8, 4) is 5.75 Å². The largest absolute Gasteiger partial charge is 0.496 e. The van der Waals surface area contributed by atoms with Crippen LogP contribution in [0.3, 0.4) is 0 Å². The fourth-order valence-electron chi connectivity index (χ4n) is 3.50. The lowest BCUT2D eigenvalue weighted by molar-refractivity contribution is -0.123. The van der Waals surface area contributed by atoms with E-state index in [-0.39, 0.29) is 23.2 Å². The predicted molar refractivity (Wildman–Crippen MR) is 127 cm³/mol. The zero-order valence-corrected chi connectivity index (χ0v) is 20.6. The summed E-state index contributed by atoms with van der Waals surface area (Å²) in [5, 5.41) is 3.51. The highest BCUT2D eigenvalue weighted by Gasteiger charge is 2.34. The maximum absolute atomic E-state index is 13.3. The average molecular weight is 487 g/mol. The molecule has 0 unspecified atom stereocenters. The van der Waals surface area contributed by atoms with Crippen LogP contribution in [-0.2, 0) is 14.8 Å². The zero-order valence-electron chi connectivity index (χ0n) is 18.3. The number of rotatable bonds is 9. The molecule has 170 valence electrons. The Balaban J connectivity index is 2.41. The summed E-state index contributed by atoms with van der Waals surface area (Å²) in [5.74, 6) is 0.347. The van der Waals surface area contributed by atoms with Crippen molar-refractivity contribution in [3.05, 3.63) is 57.6 Å². The molecule has 31 heavy (non-hydrogen) atoms. The third-order valence-electron chi connectivity index (χ3n) is 5.02. The maximum atomic E-state index is 13.3. The van der Waals surface area contributed by atoms with Gasteiger partial charge in [-0.1, -0.05) is 49.2 Å². The summed E-state index contributed by atoms with van der Waals surface area (Å²) in [6.45, 7) is 5.63. The van der Waals surface area contributed by atoms with Gasteiger partial charge < -0.3 is 10.1 Å². The van der Waals surface area contributed by atoms with E-state index in [2.05, 4.69) is 5.32 Å². The van der Waals surface area contributed by atoms with Crippen LogP contribution in [0.2, 0.25) is 10.0 Å². The van der Waals surface area contributed by atoms with E-state index in [1.165, 1.54) is 12.1 Å². The van der Waals surface area contributed by atoms with Gasteiger partial charge in [0.25, 0.3) is 0 Å². The number of halogens is 2. The molecule has 1 N–H and O–H groups in total. The van der Waals surface area contributed by atoms with Gasteiger partial charge in [0.2, 0.25) is 15.9 Å². The summed E-state index contributed by atoms with van der Waals surface area (Å²) in [6.07, 6.45) is 1.93. The van der Waals surface area contributed by atoms with E-state index in [4.69, 9.17) is 27.9 Å². The Morgan fingerprint density at radius 3 is 2.32 bits per heavy atom. The van der Waals surface area contributed by atoms with Crippen molar-refractivity contribution in [1.82, 2.24) is 5.32 Å². The minimum absolute atomic E-state index is 0.173. The number of hydrogen-bond donors (Lipinski definition) is 1. The fourth-order valence-corrected chi connectivity index (χ4v) is 5.14. The number of ether oxygens (including phenoxy) is 1. The van der Waals surface area contributed by atoms with E-state index in [0.717, 1.165) is 27.4 Å².